The van der Waals surface area contributed by atoms with Crippen molar-refractivity contribution in [2.24, 2.45) is 5.92 Å². The molecule has 0 bridgehead atoms. The summed E-state index contributed by atoms with van der Waals surface area (Å²) in [7, 11) is -3.87. The summed E-state index contributed by atoms with van der Waals surface area (Å²) >= 11 is 1.43. The zero-order chi connectivity index (χ0) is 27.0. The monoisotopic (exact) mass is 559 g/mol. The van der Waals surface area contributed by atoms with E-state index < -0.39 is 10.0 Å². The summed E-state index contributed by atoms with van der Waals surface area (Å²) in [6.45, 7) is 0. The van der Waals surface area contributed by atoms with Crippen LogP contribution in [-0.2, 0) is 21.2 Å². The van der Waals surface area contributed by atoms with Gasteiger partial charge in [0.2, 0.25) is 11.9 Å². The molecule has 1 aromatic carbocycles. The van der Waals surface area contributed by atoms with Crippen LogP contribution in [-0.4, -0.2) is 37.8 Å². The first-order valence-corrected chi connectivity index (χ1v) is 15.1. The van der Waals surface area contributed by atoms with Gasteiger partial charge < -0.3 is 4.57 Å². The van der Waals surface area contributed by atoms with Gasteiger partial charge in [-0.3, -0.25) is 10.1 Å². The van der Waals surface area contributed by atoms with Crippen LogP contribution in [0.3, 0.4) is 0 Å². The number of anilines is 1. The molecule has 4 heterocycles. The minimum absolute atomic E-state index is 0.0270. The van der Waals surface area contributed by atoms with Crippen LogP contribution < -0.4 is 5.32 Å². The largest absolute Gasteiger partial charge is 0.306 e. The Hall–Kier alpha value is -4.08. The first-order chi connectivity index (χ1) is 19.0. The summed E-state index contributed by atoms with van der Waals surface area (Å²) in [5.41, 5.74) is 3.97. The quantitative estimate of drug-likeness (QED) is 0.299. The minimum Gasteiger partial charge on any atom is -0.306 e. The number of nitrogens with zero attached hydrogens (tertiary/aromatic N) is 6. The predicted molar refractivity (Wildman–Crippen MR) is 148 cm³/mol. The molecule has 6 rings (SSSR count). The first-order valence-electron chi connectivity index (χ1n) is 12.7. The lowest BCUT2D eigenvalue weighted by Gasteiger charge is -2.29. The number of benzene rings is 1. The number of hydrogen-bond acceptors (Lipinski definition) is 8. The van der Waals surface area contributed by atoms with Crippen LogP contribution in [0.15, 0.2) is 64.6 Å². The number of nitrogens with one attached hydrogen (secondary N) is 1. The van der Waals surface area contributed by atoms with Crippen molar-refractivity contribution in [3.8, 4) is 6.07 Å². The second-order valence-electron chi connectivity index (χ2n) is 9.71. The maximum atomic E-state index is 13.4. The number of carbonyl (C=O) groups excluding carboxylic acids is 1. The van der Waals surface area contributed by atoms with Gasteiger partial charge in [0.05, 0.1) is 40.3 Å². The molecular formula is C27H25N7O3S2. The lowest BCUT2D eigenvalue weighted by Crippen LogP contribution is -2.23. The standard InChI is InChI=1S/C27H25N7O3S2/c28-12-10-18-6-8-20(9-7-18)34-25-22-11-13-33(39(36,37)21-4-2-1-3-5-21)26(22)29-15-23(25)31-27(34)32-24(35)14-19-16-38-17-30-19/h1-5,11,13,15-18,20H,6-10,14H2,(H,31,32,35)/t18-,20-. The number of thiazole rings is 1. The van der Waals surface area contributed by atoms with E-state index in [-0.39, 0.29) is 23.3 Å². The number of rotatable bonds is 7. The van der Waals surface area contributed by atoms with Gasteiger partial charge in [0.25, 0.3) is 10.0 Å². The molecule has 0 spiro atoms. The summed E-state index contributed by atoms with van der Waals surface area (Å²) in [6.07, 6.45) is 7.15. The number of nitriles is 1. The molecule has 1 aliphatic carbocycles. The second-order valence-corrected chi connectivity index (χ2v) is 12.2. The lowest BCUT2D eigenvalue weighted by atomic mass is 9.84. The zero-order valence-electron chi connectivity index (χ0n) is 20.9. The van der Waals surface area contributed by atoms with E-state index in [1.807, 2.05) is 9.95 Å². The van der Waals surface area contributed by atoms with Crippen LogP contribution >= 0.6 is 11.3 Å². The molecule has 198 valence electrons. The third-order valence-electron chi connectivity index (χ3n) is 7.27. The van der Waals surface area contributed by atoms with E-state index in [0.29, 0.717) is 40.5 Å². The van der Waals surface area contributed by atoms with Crippen molar-refractivity contribution < 1.29 is 13.2 Å². The minimum atomic E-state index is -3.87. The van der Waals surface area contributed by atoms with Crippen LogP contribution in [0.25, 0.3) is 22.1 Å². The normalized spacial score (nSPS) is 17.8. The second kappa shape index (κ2) is 10.2. The Bertz CT molecular complexity index is 1790. The Labute approximate surface area is 229 Å². The van der Waals surface area contributed by atoms with Gasteiger partial charge in [0.15, 0.2) is 5.65 Å². The molecule has 5 aromatic rings. The Morgan fingerprint density at radius 1 is 1.13 bits per heavy atom. The number of pyridine rings is 1. The highest BCUT2D eigenvalue weighted by Crippen LogP contribution is 2.39. The molecule has 39 heavy (non-hydrogen) atoms. The fourth-order valence-corrected chi connectivity index (χ4v) is 7.27. The van der Waals surface area contributed by atoms with E-state index in [2.05, 4.69) is 21.4 Å². The molecule has 1 aliphatic rings. The fraction of sp³-hybridized carbons (Fsp3) is 0.296. The molecule has 0 saturated heterocycles. The van der Waals surface area contributed by atoms with Crippen LogP contribution in [0.5, 0.6) is 0 Å². The van der Waals surface area contributed by atoms with Gasteiger partial charge in [0, 0.05) is 29.4 Å². The Balaban J connectivity index is 1.46. The van der Waals surface area contributed by atoms with Crippen molar-refractivity contribution in [1.29, 1.82) is 5.26 Å². The van der Waals surface area contributed by atoms with Crippen molar-refractivity contribution >= 4 is 55.3 Å². The van der Waals surface area contributed by atoms with Crippen LogP contribution in [0.1, 0.15) is 43.8 Å². The van der Waals surface area contributed by atoms with Gasteiger partial charge in [-0.2, -0.15) is 5.26 Å². The molecule has 0 aliphatic heterocycles. The van der Waals surface area contributed by atoms with E-state index in [1.54, 1.807) is 48.1 Å². The Morgan fingerprint density at radius 3 is 2.64 bits per heavy atom. The van der Waals surface area contributed by atoms with Crippen molar-refractivity contribution in [2.45, 2.75) is 49.5 Å². The maximum Gasteiger partial charge on any atom is 0.269 e. The zero-order valence-corrected chi connectivity index (χ0v) is 22.5. The van der Waals surface area contributed by atoms with Crippen LogP contribution in [0, 0.1) is 17.2 Å². The number of fused-ring (bicyclic) bond motifs is 3. The maximum absolute atomic E-state index is 13.4. The van der Waals surface area contributed by atoms with Gasteiger partial charge in [0.1, 0.15) is 5.52 Å². The van der Waals surface area contributed by atoms with E-state index >= 15 is 0 Å². The molecule has 0 atom stereocenters. The molecule has 0 radical (unpaired) electrons. The lowest BCUT2D eigenvalue weighted by molar-refractivity contribution is -0.115. The highest BCUT2D eigenvalue weighted by molar-refractivity contribution is 7.90. The van der Waals surface area contributed by atoms with E-state index in [9.17, 15) is 13.2 Å². The third kappa shape index (κ3) is 4.68. The molecule has 1 saturated carbocycles. The summed E-state index contributed by atoms with van der Waals surface area (Å²) < 4.78 is 30.1. The van der Waals surface area contributed by atoms with Crippen LogP contribution in [0.2, 0.25) is 0 Å². The fourth-order valence-electron chi connectivity index (χ4n) is 5.39. The van der Waals surface area contributed by atoms with Crippen molar-refractivity contribution in [2.75, 3.05) is 5.32 Å². The van der Waals surface area contributed by atoms with Crippen LogP contribution in [0.4, 0.5) is 5.95 Å². The van der Waals surface area contributed by atoms with Crippen molar-refractivity contribution in [3.05, 3.63) is 65.4 Å². The average Bonchev–Trinajstić information content (AvgIpc) is 3.68. The van der Waals surface area contributed by atoms with Crippen molar-refractivity contribution in [1.82, 2.24) is 23.5 Å². The van der Waals surface area contributed by atoms with Gasteiger partial charge in [-0.25, -0.2) is 27.3 Å². The molecule has 10 nitrogen and oxygen atoms in total. The molecule has 1 fully saturated rings. The summed E-state index contributed by atoms with van der Waals surface area (Å²) in [5.74, 6) is 0.522. The number of carbonyl (C=O) groups is 1. The van der Waals surface area contributed by atoms with E-state index in [1.165, 1.54) is 21.5 Å². The molecule has 0 unspecified atom stereocenters. The third-order valence-corrected chi connectivity index (χ3v) is 9.58. The SMILES string of the molecule is N#CC[C@H]1CC[C@H](n2c(NC(=O)Cc3cscn3)nc3cnc4c(ccn4S(=O)(=O)c4ccccc4)c32)CC1. The smallest absolute Gasteiger partial charge is 0.269 e. The highest BCUT2D eigenvalue weighted by Gasteiger charge is 2.29. The van der Waals surface area contributed by atoms with Gasteiger partial charge in [-0.1, -0.05) is 18.2 Å². The summed E-state index contributed by atoms with van der Waals surface area (Å²) in [4.78, 5) is 26.5. The highest BCUT2D eigenvalue weighted by atomic mass is 32.2. The molecular weight excluding hydrogens is 534 g/mol. The van der Waals surface area contributed by atoms with Gasteiger partial charge >= 0.3 is 0 Å². The average molecular weight is 560 g/mol. The van der Waals surface area contributed by atoms with Gasteiger partial charge in [-0.05, 0) is 49.8 Å². The predicted octanol–water partition coefficient (Wildman–Crippen LogP) is 4.91. The summed E-state index contributed by atoms with van der Waals surface area (Å²) in [5, 5.41) is 14.6. The molecule has 1 N–H and O–H groups in total. The number of amides is 1. The molecule has 12 heteroatoms. The number of hydrogen-bond donors (Lipinski definition) is 1. The van der Waals surface area contributed by atoms with E-state index in [4.69, 9.17) is 10.2 Å². The molecule has 1 amide bonds. The Kier molecular flexibility index (Phi) is 6.62. The molecule has 4 aromatic heterocycles. The van der Waals surface area contributed by atoms with Gasteiger partial charge in [-0.15, -0.1) is 11.3 Å². The first kappa shape index (κ1) is 25.2. The Morgan fingerprint density at radius 2 is 1.92 bits per heavy atom. The summed E-state index contributed by atoms with van der Waals surface area (Å²) in [6, 6.07) is 12.3. The van der Waals surface area contributed by atoms with E-state index in [0.717, 1.165) is 31.2 Å². The number of aromatic nitrogens is 5. The topological polar surface area (TPSA) is 136 Å². The number of imidazole rings is 1. The van der Waals surface area contributed by atoms with Crippen molar-refractivity contribution in [3.63, 3.8) is 0 Å².